The first-order valence-electron chi connectivity index (χ1n) is 4.85. The minimum atomic E-state index is -0.337. The molecule has 7 nitrogen and oxygen atoms in total. The van der Waals surface area contributed by atoms with Crippen LogP contribution in [0.1, 0.15) is 13.8 Å². The summed E-state index contributed by atoms with van der Waals surface area (Å²) in [5.41, 5.74) is 0.0884. The fourth-order valence-electron chi connectivity index (χ4n) is 1.83. The van der Waals surface area contributed by atoms with Gasteiger partial charge in [0.2, 0.25) is 0 Å². The summed E-state index contributed by atoms with van der Waals surface area (Å²) >= 11 is 0. The molecule has 0 aromatic rings. The van der Waals surface area contributed by atoms with Crippen LogP contribution in [0.25, 0.3) is 0 Å². The lowest BCUT2D eigenvalue weighted by atomic mass is 10.1. The van der Waals surface area contributed by atoms with E-state index in [1.807, 2.05) is 0 Å². The van der Waals surface area contributed by atoms with Gasteiger partial charge in [-0.05, 0) is 13.8 Å². The molecule has 2 aliphatic rings. The number of rotatable bonds is 2. The largest absolute Gasteiger partial charge is 0.348 e. The highest BCUT2D eigenvalue weighted by atomic mass is 16.2. The second kappa shape index (κ2) is 3.51. The molecular formula is C9H12N4O3. The van der Waals surface area contributed by atoms with Crippen molar-refractivity contribution in [3.63, 3.8) is 0 Å². The molecule has 0 bridgehead atoms. The van der Waals surface area contributed by atoms with Crippen LogP contribution in [0.2, 0.25) is 0 Å². The molecule has 2 rings (SSSR count). The number of ketones is 2. The molecule has 0 spiro atoms. The Kier molecular flexibility index (Phi) is 2.30. The Hall–Kier alpha value is -2.05. The van der Waals surface area contributed by atoms with Gasteiger partial charge in [0.25, 0.3) is 0 Å². The van der Waals surface area contributed by atoms with E-state index in [0.717, 1.165) is 0 Å². The summed E-state index contributed by atoms with van der Waals surface area (Å²) in [6.45, 7) is 2.65. The van der Waals surface area contributed by atoms with Gasteiger partial charge in [-0.3, -0.25) is 9.59 Å². The van der Waals surface area contributed by atoms with Crippen molar-refractivity contribution in [2.45, 2.75) is 26.2 Å². The van der Waals surface area contributed by atoms with Crippen molar-refractivity contribution >= 4 is 17.6 Å². The topological polar surface area (TPSA) is 99.3 Å². The van der Waals surface area contributed by atoms with E-state index in [-0.39, 0.29) is 35.5 Å². The average molecular weight is 224 g/mol. The maximum atomic E-state index is 11.3. The Morgan fingerprint density at radius 1 is 0.938 bits per heavy atom. The van der Waals surface area contributed by atoms with E-state index in [2.05, 4.69) is 21.3 Å². The van der Waals surface area contributed by atoms with Gasteiger partial charge < -0.3 is 21.3 Å². The molecule has 2 atom stereocenters. The Morgan fingerprint density at radius 2 is 1.38 bits per heavy atom. The van der Waals surface area contributed by atoms with Gasteiger partial charge in [0, 0.05) is 0 Å². The molecule has 2 heterocycles. The minimum absolute atomic E-state index is 0.0884. The molecule has 7 heteroatoms. The molecule has 16 heavy (non-hydrogen) atoms. The number of carbonyl (C=O) groups is 3. The summed E-state index contributed by atoms with van der Waals surface area (Å²) in [5, 5.41) is 11.0. The van der Waals surface area contributed by atoms with Crippen LogP contribution in [-0.2, 0) is 9.59 Å². The number of Topliss-reactive ketones (excluding diaryl/α,β-unsaturated/α-hetero) is 2. The van der Waals surface area contributed by atoms with Gasteiger partial charge in [0.1, 0.15) is 23.7 Å². The van der Waals surface area contributed by atoms with E-state index in [1.165, 1.54) is 13.8 Å². The number of hydrogen-bond donors (Lipinski definition) is 4. The number of hydrogen-bond acceptors (Lipinski definition) is 5. The van der Waals surface area contributed by atoms with Gasteiger partial charge in [-0.2, -0.15) is 0 Å². The van der Waals surface area contributed by atoms with Crippen LogP contribution in [0, 0.1) is 0 Å². The fraction of sp³-hybridized carbons (Fsp3) is 0.444. The van der Waals surface area contributed by atoms with E-state index in [9.17, 15) is 14.4 Å². The third kappa shape index (κ3) is 1.60. The van der Waals surface area contributed by atoms with Crippen LogP contribution >= 0.6 is 0 Å². The summed E-state index contributed by atoms with van der Waals surface area (Å²) in [6.07, 6.45) is -0.674. The lowest BCUT2D eigenvalue weighted by Crippen LogP contribution is -2.39. The molecule has 2 fully saturated rings. The molecule has 0 saturated carbocycles. The third-order valence-electron chi connectivity index (χ3n) is 2.46. The summed E-state index contributed by atoms with van der Waals surface area (Å²) < 4.78 is 0. The van der Waals surface area contributed by atoms with Gasteiger partial charge >= 0.3 is 6.03 Å². The highest BCUT2D eigenvalue weighted by molar-refractivity contribution is 6.19. The van der Waals surface area contributed by atoms with Gasteiger partial charge in [0.05, 0.1) is 0 Å². The van der Waals surface area contributed by atoms with Crippen LogP contribution in [-0.4, -0.2) is 29.9 Å². The zero-order valence-electron chi connectivity index (χ0n) is 8.88. The number of amides is 2. The highest BCUT2D eigenvalue weighted by Crippen LogP contribution is 2.12. The highest BCUT2D eigenvalue weighted by Gasteiger charge is 2.39. The van der Waals surface area contributed by atoms with Crippen LogP contribution in [0.5, 0.6) is 0 Å². The van der Waals surface area contributed by atoms with Gasteiger partial charge in [-0.15, -0.1) is 0 Å². The molecule has 0 aromatic carbocycles. The first-order chi connectivity index (χ1) is 7.49. The summed E-state index contributed by atoms with van der Waals surface area (Å²) in [6, 6.07) is -0.291. The maximum Gasteiger partial charge on any atom is 0.318 e. The summed E-state index contributed by atoms with van der Waals surface area (Å²) in [4.78, 5) is 33.5. The first kappa shape index (κ1) is 10.5. The van der Waals surface area contributed by atoms with Crippen molar-refractivity contribution in [1.82, 2.24) is 21.3 Å². The van der Waals surface area contributed by atoms with Crippen molar-refractivity contribution in [3.8, 4) is 0 Å². The predicted octanol–water partition coefficient (Wildman–Crippen LogP) is -1.47. The van der Waals surface area contributed by atoms with Crippen molar-refractivity contribution in [2.24, 2.45) is 0 Å². The SMILES string of the molecule is CC(=O)C(C(C)=O)=C1NC2NC(=O)NC2N1. The molecule has 86 valence electrons. The predicted molar refractivity (Wildman–Crippen MR) is 53.9 cm³/mol. The van der Waals surface area contributed by atoms with Crippen molar-refractivity contribution in [2.75, 3.05) is 0 Å². The number of nitrogens with one attached hydrogen (secondary N) is 4. The number of fused-ring (bicyclic) bond motifs is 1. The number of carbonyl (C=O) groups excluding carboxylic acids is 3. The average Bonchev–Trinajstić information content (AvgIpc) is 2.59. The van der Waals surface area contributed by atoms with Gasteiger partial charge in [-0.25, -0.2) is 4.79 Å². The third-order valence-corrected chi connectivity index (χ3v) is 2.46. The van der Waals surface area contributed by atoms with E-state index in [1.54, 1.807) is 0 Å². The van der Waals surface area contributed by atoms with E-state index in [0.29, 0.717) is 5.82 Å². The Morgan fingerprint density at radius 3 is 1.75 bits per heavy atom. The second-order valence-corrected chi connectivity index (χ2v) is 3.72. The standard InChI is InChI=1S/C9H12N4O3/c1-3(14)5(4(2)15)6-10-7-8(11-6)13-9(16)12-7/h7-8,10-11H,1-2H3,(H2,12,13,16). The smallest absolute Gasteiger partial charge is 0.318 e. The number of urea groups is 1. The quantitative estimate of drug-likeness (QED) is 0.261. The summed E-state index contributed by atoms with van der Waals surface area (Å²) in [7, 11) is 0. The number of allylic oxidation sites excluding steroid dienone is 1. The second-order valence-electron chi connectivity index (χ2n) is 3.72. The van der Waals surface area contributed by atoms with Crippen LogP contribution in [0.4, 0.5) is 4.79 Å². The normalized spacial score (nSPS) is 26.1. The minimum Gasteiger partial charge on any atom is -0.348 e. The monoisotopic (exact) mass is 224 g/mol. The van der Waals surface area contributed by atoms with Crippen LogP contribution in [0.3, 0.4) is 0 Å². The first-order valence-corrected chi connectivity index (χ1v) is 4.85. The van der Waals surface area contributed by atoms with E-state index < -0.39 is 0 Å². The maximum absolute atomic E-state index is 11.3. The molecular weight excluding hydrogens is 212 g/mol. The summed E-state index contributed by atoms with van der Waals surface area (Å²) in [5.74, 6) is -0.259. The molecule has 0 aromatic heterocycles. The zero-order valence-corrected chi connectivity index (χ0v) is 8.88. The van der Waals surface area contributed by atoms with Crippen molar-refractivity contribution in [1.29, 1.82) is 0 Å². The van der Waals surface area contributed by atoms with Crippen molar-refractivity contribution in [3.05, 3.63) is 11.4 Å². The molecule has 2 aliphatic heterocycles. The Bertz CT molecular complexity index is 381. The molecule has 0 radical (unpaired) electrons. The molecule has 0 aliphatic carbocycles. The Labute approximate surface area is 91.6 Å². The molecule has 2 saturated heterocycles. The molecule has 2 amide bonds. The van der Waals surface area contributed by atoms with Crippen molar-refractivity contribution < 1.29 is 14.4 Å². The lowest BCUT2D eigenvalue weighted by molar-refractivity contribution is -0.119. The van der Waals surface area contributed by atoms with Crippen LogP contribution in [0.15, 0.2) is 11.4 Å². The van der Waals surface area contributed by atoms with Gasteiger partial charge in [0.15, 0.2) is 11.6 Å². The van der Waals surface area contributed by atoms with E-state index >= 15 is 0 Å². The Balaban J connectivity index is 2.25. The molecule has 4 N–H and O–H groups in total. The van der Waals surface area contributed by atoms with E-state index in [4.69, 9.17) is 0 Å². The zero-order chi connectivity index (χ0) is 11.9. The van der Waals surface area contributed by atoms with Crippen LogP contribution < -0.4 is 21.3 Å². The molecule has 2 unspecified atom stereocenters. The fourth-order valence-corrected chi connectivity index (χ4v) is 1.83. The lowest BCUT2D eigenvalue weighted by Gasteiger charge is -2.08. The van der Waals surface area contributed by atoms with Gasteiger partial charge in [-0.1, -0.05) is 0 Å².